The number of hydrogen-bond donors (Lipinski definition) is 2. The van der Waals surface area contributed by atoms with Gasteiger partial charge in [-0.1, -0.05) is 11.6 Å². The van der Waals surface area contributed by atoms with Gasteiger partial charge in [0.1, 0.15) is 0 Å². The van der Waals surface area contributed by atoms with Crippen molar-refractivity contribution in [1.82, 2.24) is 5.32 Å². The molecule has 1 amide bonds. The molecule has 3 N–H and O–H groups in total. The first-order chi connectivity index (χ1) is 7.04. The molecule has 0 aliphatic heterocycles. The number of amides is 1. The molecule has 1 rings (SSSR count). The second kappa shape index (κ2) is 7.32. The molecule has 0 aromatic heterocycles. The lowest BCUT2D eigenvalue weighted by molar-refractivity contribution is 0.0941. The molecule has 0 unspecified atom stereocenters. The second-order valence-corrected chi connectivity index (χ2v) is 4.81. The molecule has 0 fully saturated rings. The van der Waals surface area contributed by atoms with Crippen molar-refractivity contribution in [3.63, 3.8) is 0 Å². The number of hydrogen-bond acceptors (Lipinski definition) is 2. The number of halogens is 3. The SMILES string of the molecule is C[C@H](CN)NC(=O)c1ccc(Cl)c(I)c1.Cl. The topological polar surface area (TPSA) is 55.1 Å². The fourth-order valence-corrected chi connectivity index (χ4v) is 1.64. The summed E-state index contributed by atoms with van der Waals surface area (Å²) in [6.07, 6.45) is 0. The zero-order chi connectivity index (χ0) is 11.4. The van der Waals surface area contributed by atoms with Crippen LogP contribution in [0.25, 0.3) is 0 Å². The van der Waals surface area contributed by atoms with Gasteiger partial charge in [0.05, 0.1) is 5.02 Å². The summed E-state index contributed by atoms with van der Waals surface area (Å²) in [7, 11) is 0. The summed E-state index contributed by atoms with van der Waals surface area (Å²) in [4.78, 5) is 11.7. The van der Waals surface area contributed by atoms with Crippen LogP contribution >= 0.6 is 46.6 Å². The van der Waals surface area contributed by atoms with Crippen molar-refractivity contribution < 1.29 is 4.79 Å². The Bertz CT molecular complexity index is 374. The first kappa shape index (κ1) is 16.0. The quantitative estimate of drug-likeness (QED) is 0.798. The monoisotopic (exact) mass is 374 g/mol. The molecule has 0 saturated heterocycles. The summed E-state index contributed by atoms with van der Waals surface area (Å²) >= 11 is 7.95. The van der Waals surface area contributed by atoms with Crippen LogP contribution < -0.4 is 11.1 Å². The number of rotatable bonds is 3. The van der Waals surface area contributed by atoms with Crippen molar-refractivity contribution in [3.05, 3.63) is 32.4 Å². The van der Waals surface area contributed by atoms with Crippen LogP contribution in [0.5, 0.6) is 0 Å². The molecule has 90 valence electrons. The van der Waals surface area contributed by atoms with Crippen molar-refractivity contribution in [3.8, 4) is 0 Å². The van der Waals surface area contributed by atoms with Crippen molar-refractivity contribution >= 4 is 52.5 Å². The molecule has 1 aromatic rings. The minimum Gasteiger partial charge on any atom is -0.348 e. The number of carbonyl (C=O) groups excluding carboxylic acids is 1. The lowest BCUT2D eigenvalue weighted by atomic mass is 10.2. The fourth-order valence-electron chi connectivity index (χ4n) is 1.00. The molecule has 0 saturated carbocycles. The average Bonchev–Trinajstić information content (AvgIpc) is 2.21. The summed E-state index contributed by atoms with van der Waals surface area (Å²) in [6.45, 7) is 2.29. The lowest BCUT2D eigenvalue weighted by Crippen LogP contribution is -2.37. The van der Waals surface area contributed by atoms with Gasteiger partial charge < -0.3 is 11.1 Å². The van der Waals surface area contributed by atoms with Crippen molar-refractivity contribution in [2.75, 3.05) is 6.54 Å². The molecule has 0 heterocycles. The van der Waals surface area contributed by atoms with Crippen LogP contribution in [0.2, 0.25) is 5.02 Å². The Kier molecular flexibility index (Phi) is 7.30. The van der Waals surface area contributed by atoms with Crippen molar-refractivity contribution in [2.45, 2.75) is 13.0 Å². The van der Waals surface area contributed by atoms with E-state index >= 15 is 0 Å². The van der Waals surface area contributed by atoms with Crippen LogP contribution in [0.1, 0.15) is 17.3 Å². The highest BCUT2D eigenvalue weighted by atomic mass is 127. The van der Waals surface area contributed by atoms with Gasteiger partial charge >= 0.3 is 0 Å². The molecule has 0 aliphatic carbocycles. The van der Waals surface area contributed by atoms with Crippen LogP contribution in [0.4, 0.5) is 0 Å². The molecule has 6 heteroatoms. The van der Waals surface area contributed by atoms with Gasteiger partial charge in [-0.2, -0.15) is 0 Å². The third-order valence-corrected chi connectivity index (χ3v) is 3.45. The fraction of sp³-hybridized carbons (Fsp3) is 0.300. The van der Waals surface area contributed by atoms with Gasteiger partial charge in [-0.3, -0.25) is 4.79 Å². The maximum absolute atomic E-state index is 11.7. The molecule has 0 spiro atoms. The highest BCUT2D eigenvalue weighted by Gasteiger charge is 2.09. The summed E-state index contributed by atoms with van der Waals surface area (Å²) in [6, 6.07) is 5.14. The molecule has 1 atom stereocenters. The minimum atomic E-state index is -0.123. The molecular formula is C10H13Cl2IN2O. The van der Waals surface area contributed by atoms with E-state index in [4.69, 9.17) is 17.3 Å². The van der Waals surface area contributed by atoms with Gasteiger partial charge in [0.2, 0.25) is 0 Å². The predicted octanol–water partition coefficient (Wildman–Crippen LogP) is 2.44. The third kappa shape index (κ3) is 4.45. The standard InChI is InChI=1S/C10H12ClIN2O.ClH/c1-6(5-13)14-10(15)7-2-3-8(11)9(12)4-7;/h2-4,6H,5,13H2,1H3,(H,14,15);1H/t6-;/m1./s1. The Balaban J connectivity index is 0.00000225. The summed E-state index contributed by atoms with van der Waals surface area (Å²) in [5, 5.41) is 3.43. The summed E-state index contributed by atoms with van der Waals surface area (Å²) < 4.78 is 0.863. The van der Waals surface area contributed by atoms with Gasteiger partial charge in [0, 0.05) is 21.7 Å². The maximum atomic E-state index is 11.7. The predicted molar refractivity (Wildman–Crippen MR) is 77.4 cm³/mol. The number of carbonyl (C=O) groups is 1. The number of benzene rings is 1. The Morgan fingerprint density at radius 1 is 1.62 bits per heavy atom. The van der Waals surface area contributed by atoms with E-state index in [2.05, 4.69) is 27.9 Å². The molecular weight excluding hydrogens is 362 g/mol. The highest BCUT2D eigenvalue weighted by Crippen LogP contribution is 2.19. The second-order valence-electron chi connectivity index (χ2n) is 3.24. The van der Waals surface area contributed by atoms with E-state index in [0.29, 0.717) is 17.1 Å². The molecule has 0 radical (unpaired) electrons. The zero-order valence-corrected chi connectivity index (χ0v) is 12.4. The van der Waals surface area contributed by atoms with Crippen LogP contribution in [-0.4, -0.2) is 18.5 Å². The molecule has 1 aromatic carbocycles. The molecule has 3 nitrogen and oxygen atoms in total. The van der Waals surface area contributed by atoms with Crippen LogP contribution in [0.3, 0.4) is 0 Å². The van der Waals surface area contributed by atoms with Crippen molar-refractivity contribution in [1.29, 1.82) is 0 Å². The Labute approximate surface area is 120 Å². The zero-order valence-electron chi connectivity index (χ0n) is 8.67. The smallest absolute Gasteiger partial charge is 0.251 e. The van der Waals surface area contributed by atoms with E-state index in [1.54, 1.807) is 18.2 Å². The molecule has 0 bridgehead atoms. The normalized spacial score (nSPS) is 11.5. The van der Waals surface area contributed by atoms with Crippen LogP contribution in [0.15, 0.2) is 18.2 Å². The van der Waals surface area contributed by atoms with E-state index < -0.39 is 0 Å². The van der Waals surface area contributed by atoms with Gasteiger partial charge in [0.15, 0.2) is 0 Å². The minimum absolute atomic E-state index is 0. The van der Waals surface area contributed by atoms with E-state index in [0.717, 1.165) is 3.57 Å². The Hall–Kier alpha value is -0.0400. The van der Waals surface area contributed by atoms with Gasteiger partial charge in [0.25, 0.3) is 5.91 Å². The van der Waals surface area contributed by atoms with Crippen molar-refractivity contribution in [2.24, 2.45) is 5.73 Å². The largest absolute Gasteiger partial charge is 0.348 e. The summed E-state index contributed by atoms with van der Waals surface area (Å²) in [5.41, 5.74) is 6.02. The van der Waals surface area contributed by atoms with E-state index in [9.17, 15) is 4.79 Å². The van der Waals surface area contributed by atoms with E-state index in [1.807, 2.05) is 6.92 Å². The highest BCUT2D eigenvalue weighted by molar-refractivity contribution is 14.1. The van der Waals surface area contributed by atoms with Gasteiger partial charge in [-0.05, 0) is 47.7 Å². The maximum Gasteiger partial charge on any atom is 0.251 e. The Morgan fingerprint density at radius 2 is 2.25 bits per heavy atom. The van der Waals surface area contributed by atoms with Gasteiger partial charge in [-0.15, -0.1) is 12.4 Å². The van der Waals surface area contributed by atoms with Crippen LogP contribution in [-0.2, 0) is 0 Å². The summed E-state index contributed by atoms with van der Waals surface area (Å²) in [5.74, 6) is -0.123. The average molecular weight is 375 g/mol. The lowest BCUT2D eigenvalue weighted by Gasteiger charge is -2.11. The molecule has 16 heavy (non-hydrogen) atoms. The van der Waals surface area contributed by atoms with E-state index in [-0.39, 0.29) is 24.4 Å². The number of nitrogens with two attached hydrogens (primary N) is 1. The van der Waals surface area contributed by atoms with E-state index in [1.165, 1.54) is 0 Å². The Morgan fingerprint density at radius 3 is 2.75 bits per heavy atom. The van der Waals surface area contributed by atoms with Gasteiger partial charge in [-0.25, -0.2) is 0 Å². The molecule has 0 aliphatic rings. The third-order valence-electron chi connectivity index (χ3n) is 1.91. The first-order valence-corrected chi connectivity index (χ1v) is 5.96. The number of nitrogens with one attached hydrogen (secondary N) is 1. The van der Waals surface area contributed by atoms with Crippen LogP contribution in [0, 0.1) is 3.57 Å². The first-order valence-electron chi connectivity index (χ1n) is 4.50.